The van der Waals surface area contributed by atoms with E-state index in [4.69, 9.17) is 9.47 Å². The van der Waals surface area contributed by atoms with E-state index in [1.165, 1.54) is 5.56 Å². The quantitative estimate of drug-likeness (QED) is 0.797. The summed E-state index contributed by atoms with van der Waals surface area (Å²) in [6, 6.07) is 13.6. The average molecular weight is 436 g/mol. The summed E-state index contributed by atoms with van der Waals surface area (Å²) < 4.78 is 10.7. The molecule has 2 aromatic carbocycles. The summed E-state index contributed by atoms with van der Waals surface area (Å²) in [6.07, 6.45) is 2.37. The van der Waals surface area contributed by atoms with Crippen molar-refractivity contribution in [3.8, 4) is 11.5 Å². The summed E-state index contributed by atoms with van der Waals surface area (Å²) in [5.41, 5.74) is 2.99. The predicted molar refractivity (Wildman–Crippen MR) is 122 cm³/mol. The van der Waals surface area contributed by atoms with Crippen molar-refractivity contribution in [1.82, 2.24) is 4.90 Å². The minimum atomic E-state index is -0.207. The number of benzene rings is 2. The molecule has 0 spiro atoms. The Labute approximate surface area is 188 Å². The summed E-state index contributed by atoms with van der Waals surface area (Å²) in [7, 11) is 0. The highest BCUT2D eigenvalue weighted by Gasteiger charge is 2.36. The number of hydrogen-bond acceptors (Lipinski definition) is 5. The Morgan fingerprint density at radius 3 is 2.62 bits per heavy atom. The van der Waals surface area contributed by atoms with Crippen molar-refractivity contribution in [3.05, 3.63) is 48.0 Å². The van der Waals surface area contributed by atoms with Gasteiger partial charge in [-0.25, -0.2) is 0 Å². The number of nitrogens with one attached hydrogen (secondary N) is 1. The van der Waals surface area contributed by atoms with Crippen LogP contribution in [0.2, 0.25) is 0 Å². The minimum absolute atomic E-state index is 0.0181. The lowest BCUT2D eigenvalue weighted by Gasteiger charge is -2.37. The number of carbonyl (C=O) groups is 2. The number of hydrogen-bond donors (Lipinski definition) is 1. The first-order valence-corrected chi connectivity index (χ1v) is 11.4. The lowest BCUT2D eigenvalue weighted by atomic mass is 9.94. The lowest BCUT2D eigenvalue weighted by molar-refractivity contribution is -0.125. The molecule has 3 heterocycles. The van der Waals surface area contributed by atoms with Gasteiger partial charge in [-0.15, -0.1) is 0 Å². The van der Waals surface area contributed by atoms with Crippen LogP contribution in [-0.4, -0.2) is 48.7 Å². The maximum atomic E-state index is 13.4. The number of carbonyl (C=O) groups excluding carboxylic acids is 2. The summed E-state index contributed by atoms with van der Waals surface area (Å²) >= 11 is 0. The zero-order valence-corrected chi connectivity index (χ0v) is 18.5. The third kappa shape index (κ3) is 3.81. The molecular weight excluding hydrogens is 406 g/mol. The van der Waals surface area contributed by atoms with E-state index in [1.54, 1.807) is 6.07 Å². The zero-order valence-electron chi connectivity index (χ0n) is 18.5. The molecule has 0 radical (unpaired) electrons. The van der Waals surface area contributed by atoms with Crippen LogP contribution in [0.1, 0.15) is 32.3 Å². The van der Waals surface area contributed by atoms with Gasteiger partial charge in [-0.2, -0.15) is 0 Å². The highest BCUT2D eigenvalue weighted by atomic mass is 16.7. The minimum Gasteiger partial charge on any atom is -0.454 e. The SMILES string of the molecule is CC(C(=O)N1c2ccccc2CC1C)N1CCC(C(=O)Nc2ccc3c(c2)OCO3)CC1. The van der Waals surface area contributed by atoms with Gasteiger partial charge in [0, 0.05) is 29.4 Å². The van der Waals surface area contributed by atoms with Crippen LogP contribution in [-0.2, 0) is 16.0 Å². The Kier molecular flexibility index (Phi) is 5.51. The Balaban J connectivity index is 1.17. The van der Waals surface area contributed by atoms with E-state index < -0.39 is 0 Å². The standard InChI is InChI=1S/C25H29N3O4/c1-16-13-19-5-3-4-6-21(19)28(16)25(30)17(2)27-11-9-18(10-12-27)24(29)26-20-7-8-22-23(14-20)32-15-31-22/h3-8,14,16-18H,9-13,15H2,1-2H3,(H,26,29). The molecular formula is C25H29N3O4. The third-order valence-corrected chi connectivity index (χ3v) is 6.89. The number of anilines is 2. The summed E-state index contributed by atoms with van der Waals surface area (Å²) in [6.45, 7) is 5.77. The second-order valence-electron chi connectivity index (χ2n) is 8.93. The van der Waals surface area contributed by atoms with Crippen molar-refractivity contribution in [2.75, 3.05) is 30.1 Å². The highest BCUT2D eigenvalue weighted by Crippen LogP contribution is 2.35. The van der Waals surface area contributed by atoms with E-state index in [9.17, 15) is 9.59 Å². The van der Waals surface area contributed by atoms with Gasteiger partial charge in [0.05, 0.1) is 6.04 Å². The summed E-state index contributed by atoms with van der Waals surface area (Å²) in [5, 5.41) is 3.00. The van der Waals surface area contributed by atoms with Crippen LogP contribution in [0.15, 0.2) is 42.5 Å². The van der Waals surface area contributed by atoms with E-state index in [1.807, 2.05) is 42.2 Å². The maximum Gasteiger partial charge on any atom is 0.244 e. The van der Waals surface area contributed by atoms with Gasteiger partial charge in [-0.05, 0) is 70.0 Å². The van der Waals surface area contributed by atoms with Crippen molar-refractivity contribution in [2.24, 2.45) is 5.92 Å². The number of para-hydroxylation sites is 1. The smallest absolute Gasteiger partial charge is 0.244 e. The fourth-order valence-corrected chi connectivity index (χ4v) is 5.03. The average Bonchev–Trinajstić information content (AvgIpc) is 3.41. The maximum absolute atomic E-state index is 13.4. The second-order valence-corrected chi connectivity index (χ2v) is 8.93. The van der Waals surface area contributed by atoms with Crippen LogP contribution in [0.4, 0.5) is 11.4 Å². The number of rotatable bonds is 4. The monoisotopic (exact) mass is 435 g/mol. The predicted octanol–water partition coefficient (Wildman–Crippen LogP) is 3.43. The normalized spacial score (nSPS) is 21.3. The molecule has 0 saturated carbocycles. The van der Waals surface area contributed by atoms with Crippen molar-refractivity contribution < 1.29 is 19.1 Å². The van der Waals surface area contributed by atoms with Crippen LogP contribution in [0.5, 0.6) is 11.5 Å². The molecule has 0 bridgehead atoms. The molecule has 168 valence electrons. The molecule has 2 atom stereocenters. The number of ether oxygens (including phenoxy) is 2. The topological polar surface area (TPSA) is 71.1 Å². The van der Waals surface area contributed by atoms with Gasteiger partial charge < -0.3 is 19.7 Å². The largest absolute Gasteiger partial charge is 0.454 e. The fourth-order valence-electron chi connectivity index (χ4n) is 5.03. The molecule has 1 fully saturated rings. The molecule has 2 amide bonds. The Morgan fingerprint density at radius 1 is 1.06 bits per heavy atom. The van der Waals surface area contributed by atoms with E-state index in [2.05, 4.69) is 23.2 Å². The van der Waals surface area contributed by atoms with Crippen molar-refractivity contribution in [1.29, 1.82) is 0 Å². The number of amides is 2. The Morgan fingerprint density at radius 2 is 1.81 bits per heavy atom. The van der Waals surface area contributed by atoms with Crippen LogP contribution in [0, 0.1) is 5.92 Å². The third-order valence-electron chi connectivity index (χ3n) is 6.89. The molecule has 1 N–H and O–H groups in total. The number of nitrogens with zero attached hydrogens (tertiary/aromatic N) is 2. The number of piperidine rings is 1. The summed E-state index contributed by atoms with van der Waals surface area (Å²) in [4.78, 5) is 30.3. The molecule has 1 saturated heterocycles. The zero-order chi connectivity index (χ0) is 22.2. The van der Waals surface area contributed by atoms with E-state index in [0.717, 1.165) is 38.0 Å². The molecule has 7 nitrogen and oxygen atoms in total. The first kappa shape index (κ1) is 20.8. The lowest BCUT2D eigenvalue weighted by Crippen LogP contribution is -2.52. The van der Waals surface area contributed by atoms with Gasteiger partial charge >= 0.3 is 0 Å². The van der Waals surface area contributed by atoms with Crippen LogP contribution in [0.3, 0.4) is 0 Å². The highest BCUT2D eigenvalue weighted by molar-refractivity contribution is 5.99. The Hall–Kier alpha value is -3.06. The molecule has 32 heavy (non-hydrogen) atoms. The molecule has 7 heteroatoms. The molecule has 0 aromatic heterocycles. The first-order valence-electron chi connectivity index (χ1n) is 11.4. The Bertz CT molecular complexity index is 1030. The number of likely N-dealkylation sites (tertiary alicyclic amines) is 1. The molecule has 2 aromatic rings. The number of fused-ring (bicyclic) bond motifs is 2. The second kappa shape index (κ2) is 8.47. The van der Waals surface area contributed by atoms with Gasteiger partial charge in [0.1, 0.15) is 0 Å². The molecule has 3 aliphatic rings. The van der Waals surface area contributed by atoms with Crippen molar-refractivity contribution >= 4 is 23.2 Å². The van der Waals surface area contributed by atoms with Crippen LogP contribution < -0.4 is 19.7 Å². The van der Waals surface area contributed by atoms with E-state index >= 15 is 0 Å². The van der Waals surface area contributed by atoms with Gasteiger partial charge in [0.15, 0.2) is 11.5 Å². The first-order chi connectivity index (χ1) is 15.5. The van der Waals surface area contributed by atoms with Crippen molar-refractivity contribution in [3.63, 3.8) is 0 Å². The molecule has 3 aliphatic heterocycles. The van der Waals surface area contributed by atoms with Crippen LogP contribution in [0.25, 0.3) is 0 Å². The van der Waals surface area contributed by atoms with Gasteiger partial charge in [-0.1, -0.05) is 18.2 Å². The molecule has 0 aliphatic carbocycles. The molecule has 2 unspecified atom stereocenters. The van der Waals surface area contributed by atoms with Crippen molar-refractivity contribution in [2.45, 2.75) is 45.2 Å². The van der Waals surface area contributed by atoms with Crippen LogP contribution >= 0.6 is 0 Å². The van der Waals surface area contributed by atoms with Gasteiger partial charge in [-0.3, -0.25) is 14.5 Å². The molecule has 5 rings (SSSR count). The fraction of sp³-hybridized carbons (Fsp3) is 0.440. The van der Waals surface area contributed by atoms with E-state index in [0.29, 0.717) is 17.2 Å². The van der Waals surface area contributed by atoms with Gasteiger partial charge in [0.2, 0.25) is 18.6 Å². The summed E-state index contributed by atoms with van der Waals surface area (Å²) in [5.74, 6) is 1.45. The van der Waals surface area contributed by atoms with Gasteiger partial charge in [0.25, 0.3) is 0 Å². The van der Waals surface area contributed by atoms with E-state index in [-0.39, 0.29) is 36.6 Å².